The highest BCUT2D eigenvalue weighted by atomic mass is 32.1. The molecule has 6 heteroatoms. The molecule has 0 fully saturated rings. The van der Waals surface area contributed by atoms with Crippen LogP contribution in [-0.4, -0.2) is 35.6 Å². The molecule has 0 aliphatic rings. The molecule has 0 aromatic heterocycles. The average molecular weight is 284 g/mol. The van der Waals surface area contributed by atoms with E-state index < -0.39 is 6.04 Å². The number of benzene rings is 1. The Morgan fingerprint density at radius 2 is 2.16 bits per heavy atom. The van der Waals surface area contributed by atoms with Gasteiger partial charge >= 0.3 is 0 Å². The third-order valence-electron chi connectivity index (χ3n) is 2.54. The van der Waals surface area contributed by atoms with Crippen molar-refractivity contribution < 1.29 is 14.0 Å². The number of amides is 2. The summed E-state index contributed by atoms with van der Waals surface area (Å²) in [5, 5.41) is 2.53. The Morgan fingerprint density at radius 3 is 2.68 bits per heavy atom. The summed E-state index contributed by atoms with van der Waals surface area (Å²) >= 11 is 4.04. The van der Waals surface area contributed by atoms with Crippen LogP contribution in [0.4, 0.5) is 4.39 Å². The van der Waals surface area contributed by atoms with Gasteiger partial charge in [0.2, 0.25) is 11.8 Å². The molecular formula is C13H17FN2O2S. The summed E-state index contributed by atoms with van der Waals surface area (Å²) in [5.41, 5.74) is 0.691. The van der Waals surface area contributed by atoms with Crippen LogP contribution in [0.3, 0.4) is 0 Å². The Labute approximate surface area is 117 Å². The number of carbonyl (C=O) groups excluding carboxylic acids is 2. The van der Waals surface area contributed by atoms with Crippen LogP contribution >= 0.6 is 12.6 Å². The number of halogens is 1. The number of hydrogen-bond acceptors (Lipinski definition) is 3. The lowest BCUT2D eigenvalue weighted by Crippen LogP contribution is -2.47. The Balaban J connectivity index is 2.68. The molecule has 2 amide bonds. The van der Waals surface area contributed by atoms with Gasteiger partial charge in [-0.1, -0.05) is 12.1 Å². The van der Waals surface area contributed by atoms with Crippen LogP contribution in [0.1, 0.15) is 12.5 Å². The predicted octanol–water partition coefficient (Wildman–Crippen LogP) is 1.22. The summed E-state index contributed by atoms with van der Waals surface area (Å²) in [4.78, 5) is 24.5. The summed E-state index contributed by atoms with van der Waals surface area (Å²) in [6, 6.07) is 5.38. The summed E-state index contributed by atoms with van der Waals surface area (Å²) in [6.07, 6.45) is 0. The van der Waals surface area contributed by atoms with Gasteiger partial charge in [0.25, 0.3) is 0 Å². The fourth-order valence-electron chi connectivity index (χ4n) is 1.68. The third-order valence-corrected chi connectivity index (χ3v) is 2.91. The lowest BCUT2D eigenvalue weighted by molar-refractivity contribution is -0.134. The molecule has 0 radical (unpaired) electrons. The maximum absolute atomic E-state index is 13.0. The van der Waals surface area contributed by atoms with Crippen LogP contribution in [0.5, 0.6) is 0 Å². The zero-order chi connectivity index (χ0) is 14.4. The summed E-state index contributed by atoms with van der Waals surface area (Å²) in [7, 11) is 1.60. The van der Waals surface area contributed by atoms with E-state index in [1.807, 2.05) is 0 Å². The second-order valence-corrected chi connectivity index (χ2v) is 4.63. The van der Waals surface area contributed by atoms with Crippen LogP contribution in [-0.2, 0) is 16.1 Å². The van der Waals surface area contributed by atoms with Crippen LogP contribution in [0.2, 0.25) is 0 Å². The van der Waals surface area contributed by atoms with Crippen molar-refractivity contribution in [2.45, 2.75) is 19.5 Å². The van der Waals surface area contributed by atoms with Crippen LogP contribution < -0.4 is 5.32 Å². The van der Waals surface area contributed by atoms with Gasteiger partial charge in [-0.15, -0.1) is 0 Å². The van der Waals surface area contributed by atoms with E-state index in [4.69, 9.17) is 0 Å². The average Bonchev–Trinajstić information content (AvgIpc) is 2.34. The fourth-order valence-corrected chi connectivity index (χ4v) is 1.93. The molecule has 19 heavy (non-hydrogen) atoms. The van der Waals surface area contributed by atoms with E-state index in [0.29, 0.717) is 5.56 Å². The number of nitrogens with zero attached hydrogens (tertiary/aromatic N) is 1. The molecule has 4 nitrogen and oxygen atoms in total. The second kappa shape index (κ2) is 7.13. The van der Waals surface area contributed by atoms with Gasteiger partial charge in [0.05, 0.1) is 0 Å². The highest BCUT2D eigenvalue weighted by Gasteiger charge is 2.21. The van der Waals surface area contributed by atoms with Gasteiger partial charge in [-0.25, -0.2) is 4.39 Å². The minimum absolute atomic E-state index is 0.214. The van der Waals surface area contributed by atoms with Crippen LogP contribution in [0, 0.1) is 5.82 Å². The van der Waals surface area contributed by atoms with E-state index in [1.54, 1.807) is 19.2 Å². The molecular weight excluding hydrogens is 267 g/mol. The minimum Gasteiger partial charge on any atom is -0.344 e. The molecule has 1 atom stereocenters. The Morgan fingerprint density at radius 1 is 1.47 bits per heavy atom. The first-order valence-corrected chi connectivity index (χ1v) is 6.44. The molecule has 1 unspecified atom stereocenters. The van der Waals surface area contributed by atoms with Crippen molar-refractivity contribution in [2.24, 2.45) is 0 Å². The maximum Gasteiger partial charge on any atom is 0.246 e. The van der Waals surface area contributed by atoms with Gasteiger partial charge in [-0.3, -0.25) is 9.59 Å². The zero-order valence-corrected chi connectivity index (χ0v) is 11.8. The van der Waals surface area contributed by atoms with Gasteiger partial charge in [-0.05, 0) is 17.7 Å². The molecule has 0 saturated heterocycles. The molecule has 0 heterocycles. The number of carbonyl (C=O) groups is 2. The van der Waals surface area contributed by atoms with Gasteiger partial charge < -0.3 is 10.2 Å². The summed E-state index contributed by atoms with van der Waals surface area (Å²) in [6.45, 7) is 1.62. The van der Waals surface area contributed by atoms with Gasteiger partial charge in [-0.2, -0.15) is 12.6 Å². The fraction of sp³-hybridized carbons (Fsp3) is 0.385. The normalized spacial score (nSPS) is 11.8. The molecule has 0 saturated carbocycles. The van der Waals surface area contributed by atoms with Crippen molar-refractivity contribution in [2.75, 3.05) is 12.8 Å². The summed E-state index contributed by atoms with van der Waals surface area (Å²) in [5.74, 6) is -0.668. The van der Waals surface area contributed by atoms with E-state index >= 15 is 0 Å². The quantitative estimate of drug-likeness (QED) is 0.799. The lowest BCUT2D eigenvalue weighted by atomic mass is 10.2. The molecule has 0 aliphatic carbocycles. The second-order valence-electron chi connectivity index (χ2n) is 4.26. The first kappa shape index (κ1) is 15.5. The number of thiol groups is 1. The topological polar surface area (TPSA) is 49.4 Å². The van der Waals surface area contributed by atoms with E-state index in [2.05, 4.69) is 17.9 Å². The largest absolute Gasteiger partial charge is 0.344 e. The number of hydrogen-bond donors (Lipinski definition) is 2. The van der Waals surface area contributed by atoms with Crippen molar-refractivity contribution in [1.82, 2.24) is 10.2 Å². The van der Waals surface area contributed by atoms with Crippen molar-refractivity contribution in [1.29, 1.82) is 0 Å². The highest BCUT2D eigenvalue weighted by Crippen LogP contribution is 2.07. The molecule has 104 valence electrons. The molecule has 1 aromatic carbocycles. The van der Waals surface area contributed by atoms with Gasteiger partial charge in [0, 0.05) is 26.3 Å². The van der Waals surface area contributed by atoms with Crippen molar-refractivity contribution >= 4 is 24.4 Å². The van der Waals surface area contributed by atoms with E-state index in [-0.39, 0.29) is 29.9 Å². The summed E-state index contributed by atoms with van der Waals surface area (Å²) < 4.78 is 13.0. The number of rotatable bonds is 5. The third kappa shape index (κ3) is 4.90. The van der Waals surface area contributed by atoms with Crippen molar-refractivity contribution in [3.8, 4) is 0 Å². The van der Waals surface area contributed by atoms with Gasteiger partial charge in [0.1, 0.15) is 11.9 Å². The molecule has 1 aromatic rings. The van der Waals surface area contributed by atoms with Crippen LogP contribution in [0.25, 0.3) is 0 Å². The predicted molar refractivity (Wildman–Crippen MR) is 74.3 cm³/mol. The lowest BCUT2D eigenvalue weighted by Gasteiger charge is -2.23. The Kier molecular flexibility index (Phi) is 5.82. The standard InChI is InChI=1S/C13H17FN2O2S/c1-9(17)15-12(8-19)13(18)16(2)7-10-4-3-5-11(14)6-10/h3-6,12,19H,7-8H2,1-2H3,(H,15,17). The number of nitrogens with one attached hydrogen (secondary N) is 1. The minimum atomic E-state index is -0.667. The van der Waals surface area contributed by atoms with Crippen molar-refractivity contribution in [3.63, 3.8) is 0 Å². The number of likely N-dealkylation sites (N-methyl/N-ethyl adjacent to an activating group) is 1. The smallest absolute Gasteiger partial charge is 0.246 e. The SMILES string of the molecule is CC(=O)NC(CS)C(=O)N(C)Cc1cccc(F)c1. The molecule has 1 N–H and O–H groups in total. The van der Waals surface area contributed by atoms with E-state index in [0.717, 1.165) is 0 Å². The highest BCUT2D eigenvalue weighted by molar-refractivity contribution is 7.80. The van der Waals surface area contributed by atoms with Gasteiger partial charge in [0.15, 0.2) is 0 Å². The molecule has 0 bridgehead atoms. The molecule has 1 rings (SSSR count). The first-order chi connectivity index (χ1) is 8.93. The molecule has 0 spiro atoms. The van der Waals surface area contributed by atoms with Crippen molar-refractivity contribution in [3.05, 3.63) is 35.6 Å². The molecule has 0 aliphatic heterocycles. The van der Waals surface area contributed by atoms with E-state index in [9.17, 15) is 14.0 Å². The Bertz CT molecular complexity index is 468. The maximum atomic E-state index is 13.0. The van der Waals surface area contributed by atoms with Crippen LogP contribution in [0.15, 0.2) is 24.3 Å². The monoisotopic (exact) mass is 284 g/mol. The Hall–Kier alpha value is -1.56. The first-order valence-electron chi connectivity index (χ1n) is 5.81. The zero-order valence-electron chi connectivity index (χ0n) is 10.9. The van der Waals surface area contributed by atoms with E-state index in [1.165, 1.54) is 24.0 Å².